The number of carboxylic acid groups (broad SMARTS) is 1. The number of aromatic hydroxyl groups is 1. The molecule has 0 aliphatic carbocycles. The third-order valence-corrected chi connectivity index (χ3v) is 19.0. The van der Waals surface area contributed by atoms with Gasteiger partial charge in [-0.15, -0.1) is 0 Å². The smallest absolute Gasteiger partial charge is 0.326 e. The summed E-state index contributed by atoms with van der Waals surface area (Å²) in [5.74, 6) is -18.8. The molecule has 44 nitrogen and oxygen atoms in total. The molecule has 3 aromatic rings. The summed E-state index contributed by atoms with van der Waals surface area (Å²) in [4.78, 5) is 257. The van der Waals surface area contributed by atoms with Crippen LogP contribution in [0.3, 0.4) is 0 Å². The first-order valence-electron chi connectivity index (χ1n) is 40.1. The molecule has 17 amide bonds. The molecule has 0 spiro atoms. The fourth-order valence-electron chi connectivity index (χ4n) is 11.9. The van der Waals surface area contributed by atoms with Gasteiger partial charge in [-0.05, 0) is 134 Å². The first-order valence-corrected chi connectivity index (χ1v) is 40.1. The van der Waals surface area contributed by atoms with Crippen molar-refractivity contribution >= 4 is 106 Å². The Morgan fingerprint density at radius 1 is 0.388 bits per heavy atom. The molecule has 3 rings (SSSR count). The summed E-state index contributed by atoms with van der Waals surface area (Å²) in [7, 11) is 0. The molecule has 2 heterocycles. The van der Waals surface area contributed by atoms with Gasteiger partial charge in [0.15, 0.2) is 0 Å². The van der Waals surface area contributed by atoms with Crippen LogP contribution in [-0.2, 0) is 106 Å². The highest BCUT2D eigenvalue weighted by Gasteiger charge is 2.39. The molecule has 29 N–H and O–H groups in total. The van der Waals surface area contributed by atoms with Gasteiger partial charge in [-0.3, -0.25) is 81.5 Å². The SMILES string of the molecule is CC(C)C[C@H](NC(=O)[C@H](C)NC(=O)[C@H](CC(N)=O)NC(=O)[C@H](C)NC(=O)[C@@H](NC(=O)CNC(=O)[C@H](C)NC(=O)[C@@H](NC(=O)[C@@H](NC(=O)[C@H](CCCCN)NC(=O)[C@@H](N)CCC(N)=O)C(C)C)C(C)C)C(C)C)C(=O)N[C@@H](C)C(=O)N[C@@H](Cc1c[nH]cn1)C(=O)N[C@@H](CCCCN)C(=O)N[C@@H](Cc1ccc(O)cc1)C(=O)N[C@@H](Cc1c[nH]cn1)C(=O)O. The van der Waals surface area contributed by atoms with Gasteiger partial charge in [0.25, 0.3) is 0 Å². The Labute approximate surface area is 701 Å². The molecule has 0 fully saturated rings. The summed E-state index contributed by atoms with van der Waals surface area (Å²) >= 11 is 0. The van der Waals surface area contributed by atoms with Crippen molar-refractivity contribution in [3.8, 4) is 5.75 Å². The first-order chi connectivity index (χ1) is 56.9. The summed E-state index contributed by atoms with van der Waals surface area (Å²) < 4.78 is 0. The number of phenols is 1. The topological polar surface area (TPSA) is 716 Å². The Morgan fingerprint density at radius 3 is 1.19 bits per heavy atom. The predicted octanol–water partition coefficient (Wildman–Crippen LogP) is -6.33. The zero-order chi connectivity index (χ0) is 91.1. The lowest BCUT2D eigenvalue weighted by molar-refractivity contribution is -0.142. The number of aromatic amines is 2. The molecule has 0 unspecified atom stereocenters. The Balaban J connectivity index is 1.68. The highest BCUT2D eigenvalue weighted by Crippen LogP contribution is 2.16. The van der Waals surface area contributed by atoms with Crippen molar-refractivity contribution in [3.63, 3.8) is 0 Å². The number of hydrogen-bond donors (Lipinski definition) is 24. The van der Waals surface area contributed by atoms with Crippen LogP contribution >= 0.6 is 0 Å². The molecule has 0 bridgehead atoms. The highest BCUT2D eigenvalue weighted by atomic mass is 16.4. The molecular formula is C77H124N24O20. The van der Waals surface area contributed by atoms with E-state index in [2.05, 4.69) is 99.7 Å². The van der Waals surface area contributed by atoms with Crippen LogP contribution in [0.5, 0.6) is 5.75 Å². The highest BCUT2D eigenvalue weighted by molar-refractivity contribution is 6.01. The van der Waals surface area contributed by atoms with Crippen LogP contribution in [0.2, 0.25) is 0 Å². The fraction of sp³-hybridized carbons (Fsp3) is 0.610. The van der Waals surface area contributed by atoms with Crippen LogP contribution in [0.15, 0.2) is 49.3 Å². The number of nitrogens with zero attached hydrogens (tertiary/aromatic N) is 2. The number of rotatable bonds is 55. The van der Waals surface area contributed by atoms with E-state index in [1.165, 1.54) is 77.0 Å². The van der Waals surface area contributed by atoms with Crippen molar-refractivity contribution < 1.29 is 96.5 Å². The van der Waals surface area contributed by atoms with E-state index in [1.807, 2.05) is 0 Å². The van der Waals surface area contributed by atoms with E-state index in [-0.39, 0.29) is 81.7 Å². The maximum absolute atomic E-state index is 14.5. The molecule has 44 heteroatoms. The molecule has 1 aromatic carbocycles. The van der Waals surface area contributed by atoms with Crippen molar-refractivity contribution in [2.45, 2.75) is 257 Å². The molecule has 0 saturated carbocycles. The number of primary amides is 2. The second-order valence-electron chi connectivity index (χ2n) is 31.0. The maximum Gasteiger partial charge on any atom is 0.326 e. The van der Waals surface area contributed by atoms with Crippen LogP contribution in [0.25, 0.3) is 0 Å². The van der Waals surface area contributed by atoms with Crippen LogP contribution < -0.4 is 108 Å². The minimum atomic E-state index is -1.77. The van der Waals surface area contributed by atoms with Gasteiger partial charge in [0, 0.05) is 38.1 Å². The standard InChI is InChI=1S/C77H124N24O20/c1-37(2)27-52(70(113)88-43(11)65(108)95-54(29-46-32-83-35-86-46)73(116)93-50(17-13-15-25-78)68(111)97-53(28-45-19-21-48(102)22-20-45)72(115)98-56(77(120)121)30-47-33-84-36-87-47)94-64(107)42(10)89-71(114)55(31-58(82)104)96-66(109)44(12)91-74(117)60(38(3)4)99-59(105)34-85-63(106)41(9)90-75(118)61(39(5)6)101-76(119)62(40(7)8)100-69(112)51(18-14-16-26-79)92-67(110)49(80)23-24-57(81)103/h19-22,32-33,35-44,49-56,60-62,102H,13-18,23-31,34,78-80H2,1-12H3,(H2,81,103)(H2,82,104)(H,83,86)(H,84,87)(H,85,106)(H,88,113)(H,89,114)(H,90,118)(H,91,117)(H,92,110)(H,93,116)(H,94,107)(H,95,108)(H,96,109)(H,97,111)(H,98,115)(H,99,105)(H,100,112)(H,101,119)(H,120,121)/t41-,42-,43-,44-,49-,50-,51-,52-,53-,54-,55-,56-,60-,61-,62-/m0/s1. The van der Waals surface area contributed by atoms with Gasteiger partial charge >= 0.3 is 5.97 Å². The lowest BCUT2D eigenvalue weighted by atomic mass is 9.98. The summed E-state index contributed by atoms with van der Waals surface area (Å²) in [5, 5.41) is 57.7. The number of amides is 17. The van der Waals surface area contributed by atoms with E-state index in [0.29, 0.717) is 37.1 Å². The molecular weight excluding hydrogens is 1580 g/mol. The van der Waals surface area contributed by atoms with Crippen LogP contribution in [0.4, 0.5) is 0 Å². The van der Waals surface area contributed by atoms with Crippen LogP contribution in [0.1, 0.15) is 164 Å². The number of nitrogens with one attached hydrogen (secondary N) is 17. The molecule has 672 valence electrons. The largest absolute Gasteiger partial charge is 0.508 e. The zero-order valence-electron chi connectivity index (χ0n) is 70.4. The minimum Gasteiger partial charge on any atom is -0.508 e. The lowest BCUT2D eigenvalue weighted by Gasteiger charge is -2.29. The average Bonchev–Trinajstić information content (AvgIpc) is 1.14. The quantitative estimate of drug-likeness (QED) is 0.0234. The van der Waals surface area contributed by atoms with Gasteiger partial charge in [0.2, 0.25) is 100 Å². The lowest BCUT2D eigenvalue weighted by Crippen LogP contribution is -2.61. The molecule has 0 radical (unpaired) electrons. The van der Waals surface area contributed by atoms with E-state index in [1.54, 1.807) is 55.4 Å². The normalized spacial score (nSPS) is 15.0. The Kier molecular flexibility index (Phi) is 44.2. The molecule has 0 aliphatic rings. The fourth-order valence-corrected chi connectivity index (χ4v) is 11.9. The molecule has 15 atom stereocenters. The van der Waals surface area contributed by atoms with Crippen molar-refractivity contribution in [1.82, 2.24) is 99.7 Å². The number of hydrogen-bond acceptors (Lipinski definition) is 24. The summed E-state index contributed by atoms with van der Waals surface area (Å²) in [6.45, 7) is 17.8. The number of aromatic nitrogens is 4. The average molecular weight is 1710 g/mol. The number of carbonyl (C=O) groups is 18. The van der Waals surface area contributed by atoms with Crippen molar-refractivity contribution in [3.05, 3.63) is 66.3 Å². The molecule has 2 aromatic heterocycles. The third-order valence-electron chi connectivity index (χ3n) is 19.0. The van der Waals surface area contributed by atoms with Crippen LogP contribution in [0, 0.1) is 23.7 Å². The van der Waals surface area contributed by atoms with E-state index < -0.39 is 228 Å². The number of carbonyl (C=O) groups excluding carboxylic acids is 17. The first kappa shape index (κ1) is 103. The molecule has 121 heavy (non-hydrogen) atoms. The number of unbranched alkanes of at least 4 members (excludes halogenated alkanes) is 2. The van der Waals surface area contributed by atoms with E-state index in [4.69, 9.17) is 28.7 Å². The summed E-state index contributed by atoms with van der Waals surface area (Å²) in [6, 6.07) is -15.3. The van der Waals surface area contributed by atoms with E-state index in [9.17, 15) is 96.5 Å². The van der Waals surface area contributed by atoms with Crippen molar-refractivity contribution in [1.29, 1.82) is 0 Å². The van der Waals surface area contributed by atoms with Gasteiger partial charge in [-0.1, -0.05) is 67.5 Å². The van der Waals surface area contributed by atoms with Gasteiger partial charge in [-0.25, -0.2) is 14.8 Å². The number of nitrogens with two attached hydrogens (primary N) is 5. The second-order valence-corrected chi connectivity index (χ2v) is 31.0. The van der Waals surface area contributed by atoms with Gasteiger partial charge in [0.1, 0.15) is 90.3 Å². The Hall–Kier alpha value is -12.2. The minimum absolute atomic E-state index is 0.0420. The predicted molar refractivity (Wildman–Crippen MR) is 437 cm³/mol. The van der Waals surface area contributed by atoms with E-state index >= 15 is 0 Å². The van der Waals surface area contributed by atoms with Crippen molar-refractivity contribution in [2.75, 3.05) is 19.6 Å². The number of H-pyrrole nitrogens is 2. The maximum atomic E-state index is 14.5. The van der Waals surface area contributed by atoms with Crippen molar-refractivity contribution in [2.24, 2.45) is 52.3 Å². The van der Waals surface area contributed by atoms with E-state index in [0.717, 1.165) is 0 Å². The molecule has 0 saturated heterocycles. The number of aliphatic carboxylic acids is 1. The summed E-state index contributed by atoms with van der Waals surface area (Å²) in [6.07, 6.45) is 5.34. The number of imidazole rings is 2. The number of phenolic OH excluding ortho intramolecular Hbond substituents is 1. The van der Waals surface area contributed by atoms with Crippen LogP contribution in [-0.4, -0.2) is 247 Å². The number of benzene rings is 1. The zero-order valence-corrected chi connectivity index (χ0v) is 70.4. The van der Waals surface area contributed by atoms with Gasteiger partial charge in [0.05, 0.1) is 43.0 Å². The molecule has 0 aliphatic heterocycles. The van der Waals surface area contributed by atoms with Gasteiger partial charge < -0.3 is 129 Å². The Bertz CT molecular complexity index is 3980. The third kappa shape index (κ3) is 37.3. The monoisotopic (exact) mass is 1700 g/mol. The number of carboxylic acids is 1. The second kappa shape index (κ2) is 52.0. The summed E-state index contributed by atoms with van der Waals surface area (Å²) in [5.41, 5.74) is 29.1. The Morgan fingerprint density at radius 2 is 0.752 bits per heavy atom. The van der Waals surface area contributed by atoms with Gasteiger partial charge in [-0.2, -0.15) is 0 Å².